The second kappa shape index (κ2) is 5.83. The maximum absolute atomic E-state index is 4.09. The predicted octanol–water partition coefficient (Wildman–Crippen LogP) is 3.17. The standard InChI is InChI=1S/C13H21N3/c1-11-8-9-13(16-15-11)14-10-4-7-12-5-2-3-6-12/h8-9,12H,2-7,10H2,1H3,(H,14,16). The lowest BCUT2D eigenvalue weighted by Gasteiger charge is -2.09. The number of nitrogens with zero attached hydrogens (tertiary/aromatic N) is 2. The van der Waals surface area contributed by atoms with E-state index in [0.717, 1.165) is 24.0 Å². The van der Waals surface area contributed by atoms with E-state index >= 15 is 0 Å². The van der Waals surface area contributed by atoms with Crippen LogP contribution in [0.2, 0.25) is 0 Å². The minimum absolute atomic E-state index is 0.900. The Morgan fingerprint density at radius 1 is 1.25 bits per heavy atom. The SMILES string of the molecule is Cc1ccc(NCCCC2CCCC2)nn1. The van der Waals surface area contributed by atoms with Crippen LogP contribution in [-0.4, -0.2) is 16.7 Å². The first-order chi connectivity index (χ1) is 7.84. The Morgan fingerprint density at radius 2 is 2.06 bits per heavy atom. The van der Waals surface area contributed by atoms with Crippen molar-refractivity contribution in [2.75, 3.05) is 11.9 Å². The van der Waals surface area contributed by atoms with Gasteiger partial charge >= 0.3 is 0 Å². The van der Waals surface area contributed by atoms with Gasteiger partial charge in [-0.3, -0.25) is 0 Å². The fourth-order valence-corrected chi connectivity index (χ4v) is 2.40. The molecule has 3 nitrogen and oxygen atoms in total. The van der Waals surface area contributed by atoms with Gasteiger partial charge in [-0.2, -0.15) is 5.10 Å². The van der Waals surface area contributed by atoms with E-state index < -0.39 is 0 Å². The number of aromatic nitrogens is 2. The number of hydrogen-bond acceptors (Lipinski definition) is 3. The highest BCUT2D eigenvalue weighted by Gasteiger charge is 2.13. The Morgan fingerprint density at radius 3 is 2.75 bits per heavy atom. The lowest BCUT2D eigenvalue weighted by Crippen LogP contribution is -2.06. The number of anilines is 1. The summed E-state index contributed by atoms with van der Waals surface area (Å²) in [6.07, 6.45) is 8.41. The van der Waals surface area contributed by atoms with Gasteiger partial charge < -0.3 is 5.32 Å². The number of nitrogens with one attached hydrogen (secondary N) is 1. The zero-order valence-electron chi connectivity index (χ0n) is 10.1. The van der Waals surface area contributed by atoms with E-state index in [4.69, 9.17) is 0 Å². The Balaban J connectivity index is 1.62. The molecule has 0 aliphatic heterocycles. The van der Waals surface area contributed by atoms with E-state index in [-0.39, 0.29) is 0 Å². The first-order valence-corrected chi connectivity index (χ1v) is 6.39. The quantitative estimate of drug-likeness (QED) is 0.773. The highest BCUT2D eigenvalue weighted by atomic mass is 15.2. The van der Waals surface area contributed by atoms with E-state index in [1.165, 1.54) is 38.5 Å². The molecule has 1 aliphatic rings. The van der Waals surface area contributed by atoms with Crippen LogP contribution in [0.3, 0.4) is 0 Å². The average Bonchev–Trinajstić information content (AvgIpc) is 2.80. The molecule has 16 heavy (non-hydrogen) atoms. The van der Waals surface area contributed by atoms with Crippen LogP contribution in [0.15, 0.2) is 12.1 Å². The van der Waals surface area contributed by atoms with Gasteiger partial charge in [0.05, 0.1) is 5.69 Å². The minimum atomic E-state index is 0.900. The molecule has 1 saturated carbocycles. The maximum atomic E-state index is 4.09. The van der Waals surface area contributed by atoms with Crippen LogP contribution >= 0.6 is 0 Å². The molecule has 0 radical (unpaired) electrons. The van der Waals surface area contributed by atoms with Gasteiger partial charge in [0.15, 0.2) is 0 Å². The second-order valence-electron chi connectivity index (χ2n) is 4.78. The molecule has 1 aromatic rings. The van der Waals surface area contributed by atoms with Crippen molar-refractivity contribution in [2.45, 2.75) is 45.4 Å². The van der Waals surface area contributed by atoms with Crippen molar-refractivity contribution in [3.05, 3.63) is 17.8 Å². The zero-order chi connectivity index (χ0) is 11.2. The van der Waals surface area contributed by atoms with Crippen LogP contribution in [0.25, 0.3) is 0 Å². The van der Waals surface area contributed by atoms with Crippen molar-refractivity contribution in [2.24, 2.45) is 5.92 Å². The monoisotopic (exact) mass is 219 g/mol. The molecule has 0 saturated heterocycles. The molecule has 0 aromatic carbocycles. The summed E-state index contributed by atoms with van der Waals surface area (Å²) in [6.45, 7) is 2.98. The Kier molecular flexibility index (Phi) is 4.14. The summed E-state index contributed by atoms with van der Waals surface area (Å²) in [7, 11) is 0. The van der Waals surface area contributed by atoms with Crippen LogP contribution in [0.4, 0.5) is 5.82 Å². The van der Waals surface area contributed by atoms with Gasteiger partial charge in [0.25, 0.3) is 0 Å². The van der Waals surface area contributed by atoms with E-state index in [9.17, 15) is 0 Å². The van der Waals surface area contributed by atoms with Gasteiger partial charge in [0.1, 0.15) is 5.82 Å². The first-order valence-electron chi connectivity index (χ1n) is 6.39. The minimum Gasteiger partial charge on any atom is -0.369 e. The Bertz CT molecular complexity index is 301. The van der Waals surface area contributed by atoms with Crippen LogP contribution in [0, 0.1) is 12.8 Å². The van der Waals surface area contributed by atoms with Gasteiger partial charge in [-0.1, -0.05) is 25.7 Å². The van der Waals surface area contributed by atoms with Crippen LogP contribution in [0.1, 0.15) is 44.2 Å². The molecule has 0 atom stereocenters. The van der Waals surface area contributed by atoms with Gasteiger partial charge in [-0.25, -0.2) is 0 Å². The lowest BCUT2D eigenvalue weighted by molar-refractivity contribution is 0.491. The maximum Gasteiger partial charge on any atom is 0.148 e. The fraction of sp³-hybridized carbons (Fsp3) is 0.692. The molecule has 1 N–H and O–H groups in total. The molecular formula is C13H21N3. The summed E-state index contributed by atoms with van der Waals surface area (Å²) in [5.41, 5.74) is 0.969. The van der Waals surface area contributed by atoms with Gasteiger partial charge in [-0.05, 0) is 37.8 Å². The third-order valence-corrected chi connectivity index (χ3v) is 3.37. The smallest absolute Gasteiger partial charge is 0.148 e. The molecule has 1 fully saturated rings. The van der Waals surface area contributed by atoms with E-state index in [2.05, 4.69) is 15.5 Å². The van der Waals surface area contributed by atoms with Gasteiger partial charge in [0, 0.05) is 6.54 Å². The molecule has 0 amide bonds. The summed E-state index contributed by atoms with van der Waals surface area (Å²) in [5.74, 6) is 1.89. The summed E-state index contributed by atoms with van der Waals surface area (Å²) in [4.78, 5) is 0. The van der Waals surface area contributed by atoms with Crippen LogP contribution in [-0.2, 0) is 0 Å². The molecular weight excluding hydrogens is 198 g/mol. The third kappa shape index (κ3) is 3.47. The highest BCUT2D eigenvalue weighted by Crippen LogP contribution is 2.28. The second-order valence-corrected chi connectivity index (χ2v) is 4.78. The summed E-state index contributed by atoms with van der Waals surface area (Å²) >= 11 is 0. The largest absolute Gasteiger partial charge is 0.369 e. The third-order valence-electron chi connectivity index (χ3n) is 3.37. The van der Waals surface area contributed by atoms with Crippen molar-refractivity contribution in [1.29, 1.82) is 0 Å². The number of hydrogen-bond donors (Lipinski definition) is 1. The summed E-state index contributed by atoms with van der Waals surface area (Å²) in [5, 5.41) is 11.4. The molecule has 1 aliphatic carbocycles. The Hall–Kier alpha value is -1.12. The van der Waals surface area contributed by atoms with Crippen molar-refractivity contribution in [3.8, 4) is 0 Å². The normalized spacial score (nSPS) is 16.6. The molecule has 0 spiro atoms. The van der Waals surface area contributed by atoms with Crippen LogP contribution in [0.5, 0.6) is 0 Å². The molecule has 2 rings (SSSR count). The highest BCUT2D eigenvalue weighted by molar-refractivity contribution is 5.32. The molecule has 0 unspecified atom stereocenters. The lowest BCUT2D eigenvalue weighted by atomic mass is 10.0. The van der Waals surface area contributed by atoms with Gasteiger partial charge in [0.2, 0.25) is 0 Å². The zero-order valence-corrected chi connectivity index (χ0v) is 10.1. The van der Waals surface area contributed by atoms with Crippen molar-refractivity contribution < 1.29 is 0 Å². The molecule has 88 valence electrons. The number of rotatable bonds is 5. The van der Waals surface area contributed by atoms with E-state index in [1.54, 1.807) is 0 Å². The molecule has 3 heteroatoms. The van der Waals surface area contributed by atoms with Gasteiger partial charge in [-0.15, -0.1) is 5.10 Å². The summed E-state index contributed by atoms with van der Waals surface area (Å²) in [6, 6.07) is 3.99. The predicted molar refractivity (Wildman–Crippen MR) is 66.5 cm³/mol. The van der Waals surface area contributed by atoms with Crippen LogP contribution < -0.4 is 5.32 Å². The molecule has 1 aromatic heterocycles. The van der Waals surface area contributed by atoms with Crippen molar-refractivity contribution in [1.82, 2.24) is 10.2 Å². The number of aryl methyl sites for hydroxylation is 1. The van der Waals surface area contributed by atoms with Crippen molar-refractivity contribution >= 4 is 5.82 Å². The van der Waals surface area contributed by atoms with Crippen molar-refractivity contribution in [3.63, 3.8) is 0 Å². The average molecular weight is 219 g/mol. The molecule has 0 bridgehead atoms. The first kappa shape index (κ1) is 11.4. The topological polar surface area (TPSA) is 37.8 Å². The Labute approximate surface area is 97.7 Å². The fourth-order valence-electron chi connectivity index (χ4n) is 2.40. The van der Waals surface area contributed by atoms with E-state index in [1.807, 2.05) is 19.1 Å². The van der Waals surface area contributed by atoms with E-state index in [0.29, 0.717) is 0 Å². The summed E-state index contributed by atoms with van der Waals surface area (Å²) < 4.78 is 0. The molecule has 1 heterocycles.